The number of nitrogens with zero attached hydrogens (tertiary/aromatic N) is 8. The van der Waals surface area contributed by atoms with Crippen LogP contribution in [0.2, 0.25) is 0 Å². The van der Waals surface area contributed by atoms with Gasteiger partial charge in [-0.2, -0.15) is 10.2 Å². The molecule has 4 heterocycles. The Hall–Kier alpha value is -3.05. The maximum absolute atomic E-state index is 13.0. The highest BCUT2D eigenvalue weighted by molar-refractivity contribution is 5.88. The summed E-state index contributed by atoms with van der Waals surface area (Å²) in [7, 11) is 1.72. The van der Waals surface area contributed by atoms with Crippen molar-refractivity contribution in [1.82, 2.24) is 39.1 Å². The lowest BCUT2D eigenvalue weighted by Gasteiger charge is -2.03. The van der Waals surface area contributed by atoms with E-state index in [-0.39, 0.29) is 12.4 Å². The molecule has 4 rings (SSSR count). The summed E-state index contributed by atoms with van der Waals surface area (Å²) in [5, 5.41) is 12.4. The van der Waals surface area contributed by atoms with Gasteiger partial charge in [-0.3, -0.25) is 9.36 Å². The van der Waals surface area contributed by atoms with E-state index in [1.54, 1.807) is 17.9 Å². The van der Waals surface area contributed by atoms with Crippen molar-refractivity contribution >= 4 is 16.7 Å². The predicted octanol–water partition coefficient (Wildman–Crippen LogP) is 2.13. The predicted molar refractivity (Wildman–Crippen MR) is 76.3 cm³/mol. The molecule has 8 nitrogen and oxygen atoms in total. The molecule has 25 heavy (non-hydrogen) atoms. The van der Waals surface area contributed by atoms with Crippen LogP contribution in [0.1, 0.15) is 30.1 Å². The van der Waals surface area contributed by atoms with Gasteiger partial charge in [-0.05, 0) is 6.07 Å². The summed E-state index contributed by atoms with van der Waals surface area (Å²) >= 11 is 0. The van der Waals surface area contributed by atoms with Crippen LogP contribution in [-0.4, -0.2) is 39.1 Å². The largest absolute Gasteiger partial charge is 0.282 e. The molecule has 0 N–H and O–H groups in total. The van der Waals surface area contributed by atoms with E-state index < -0.39 is 24.2 Å². The summed E-state index contributed by atoms with van der Waals surface area (Å²) in [5.74, 6) is 0.143. The van der Waals surface area contributed by atoms with Gasteiger partial charge in [-0.25, -0.2) is 32.0 Å². The molecule has 0 aliphatic carbocycles. The maximum atomic E-state index is 13.0. The lowest BCUT2D eigenvalue weighted by atomic mass is 10.3. The van der Waals surface area contributed by atoms with Crippen molar-refractivity contribution < 1.29 is 17.6 Å². The molecule has 0 saturated carbocycles. The van der Waals surface area contributed by atoms with Crippen LogP contribution in [0.4, 0.5) is 17.6 Å². The fraction of sp³-hybridized carbons (Fsp3) is 0.308. The van der Waals surface area contributed by atoms with Crippen molar-refractivity contribution in [3.63, 3.8) is 0 Å². The van der Waals surface area contributed by atoms with Gasteiger partial charge in [0.2, 0.25) is 0 Å². The molecule has 0 amide bonds. The molecule has 4 aromatic rings. The second-order valence-corrected chi connectivity index (χ2v) is 5.30. The third kappa shape index (κ3) is 2.49. The number of hydrogen-bond donors (Lipinski definition) is 0. The molecule has 0 saturated heterocycles. The average Bonchev–Trinajstić information content (AvgIpc) is 3.24. The minimum Gasteiger partial charge on any atom is -0.256 e. The molecule has 4 aromatic heterocycles. The van der Waals surface area contributed by atoms with Gasteiger partial charge >= 0.3 is 0 Å². The minimum atomic E-state index is -2.94. The zero-order valence-corrected chi connectivity index (χ0v) is 12.7. The molecule has 12 heteroatoms. The molecule has 0 bridgehead atoms. The number of hydrogen-bond acceptors (Lipinski definition) is 5. The zero-order valence-electron chi connectivity index (χ0n) is 12.7. The molecule has 0 atom stereocenters. The lowest BCUT2D eigenvalue weighted by Crippen LogP contribution is -2.08. The van der Waals surface area contributed by atoms with E-state index >= 15 is 0 Å². The summed E-state index contributed by atoms with van der Waals surface area (Å²) in [6.45, 7) is -0.268. The van der Waals surface area contributed by atoms with Crippen LogP contribution in [0, 0.1) is 0 Å². The van der Waals surface area contributed by atoms with Gasteiger partial charge in [0.15, 0.2) is 17.1 Å². The Balaban J connectivity index is 1.77. The highest BCUT2D eigenvalue weighted by Gasteiger charge is 2.22. The topological polar surface area (TPSA) is 78.7 Å². The Labute approximate surface area is 136 Å². The molecule has 0 aliphatic rings. The number of halogens is 4. The third-order valence-corrected chi connectivity index (χ3v) is 3.68. The monoisotopic (exact) mass is 354 g/mol. The Bertz CT molecular complexity index is 1060. The van der Waals surface area contributed by atoms with E-state index in [4.69, 9.17) is 0 Å². The SMILES string of the molecule is Cn1ncc2c1ncn1nc(Cn3nc(C(F)F)cc3C(F)F)nc21. The first-order valence-electron chi connectivity index (χ1n) is 7.10. The van der Waals surface area contributed by atoms with Crippen molar-refractivity contribution in [3.05, 3.63) is 35.8 Å². The number of aromatic nitrogens is 8. The zero-order chi connectivity index (χ0) is 17.7. The molecule has 0 aliphatic heterocycles. The standard InChI is InChI=1S/C13H10F4N8/c1-23-12-6(3-19-23)13-20-9(22-25(13)5-18-12)4-24-8(11(16)17)2-7(21-24)10(14)15/h2-3,5,10-11H,4H2,1H3. The smallest absolute Gasteiger partial charge is 0.256 e. The molecule has 0 aromatic carbocycles. The van der Waals surface area contributed by atoms with Crippen LogP contribution in [0.15, 0.2) is 18.6 Å². The van der Waals surface area contributed by atoms with Gasteiger partial charge < -0.3 is 0 Å². The van der Waals surface area contributed by atoms with Crippen molar-refractivity contribution in [1.29, 1.82) is 0 Å². The molecule has 130 valence electrons. The normalized spacial score (nSPS) is 12.3. The second-order valence-electron chi connectivity index (χ2n) is 5.30. The number of fused-ring (bicyclic) bond motifs is 3. The van der Waals surface area contributed by atoms with Crippen LogP contribution in [0.3, 0.4) is 0 Å². The lowest BCUT2D eigenvalue weighted by molar-refractivity contribution is 0.139. The fourth-order valence-electron chi connectivity index (χ4n) is 2.54. The van der Waals surface area contributed by atoms with Gasteiger partial charge in [0, 0.05) is 7.05 Å². The van der Waals surface area contributed by atoms with E-state index in [0.29, 0.717) is 22.7 Å². The van der Waals surface area contributed by atoms with E-state index in [1.807, 2.05) is 0 Å². The van der Waals surface area contributed by atoms with Crippen LogP contribution < -0.4 is 0 Å². The summed E-state index contributed by atoms with van der Waals surface area (Å²) in [6, 6.07) is 0.687. The third-order valence-electron chi connectivity index (χ3n) is 3.68. The first-order chi connectivity index (χ1) is 11.9. The first-order valence-corrected chi connectivity index (χ1v) is 7.10. The summed E-state index contributed by atoms with van der Waals surface area (Å²) < 4.78 is 55.3. The van der Waals surface area contributed by atoms with Crippen LogP contribution in [0.25, 0.3) is 16.7 Å². The van der Waals surface area contributed by atoms with Crippen LogP contribution >= 0.6 is 0 Å². The highest BCUT2D eigenvalue weighted by Crippen LogP contribution is 2.25. The van der Waals surface area contributed by atoms with Gasteiger partial charge in [0.05, 0.1) is 11.6 Å². The molecular weight excluding hydrogens is 344 g/mol. The van der Waals surface area contributed by atoms with E-state index in [1.165, 1.54) is 10.8 Å². The average molecular weight is 354 g/mol. The van der Waals surface area contributed by atoms with Gasteiger partial charge in [-0.1, -0.05) is 0 Å². The Kier molecular flexibility index (Phi) is 3.40. The van der Waals surface area contributed by atoms with Crippen LogP contribution in [-0.2, 0) is 13.6 Å². The quantitative estimate of drug-likeness (QED) is 0.525. The molecule has 0 spiro atoms. The highest BCUT2D eigenvalue weighted by atomic mass is 19.3. The van der Waals surface area contributed by atoms with Crippen molar-refractivity contribution in [2.45, 2.75) is 19.4 Å². The summed E-state index contributed by atoms with van der Waals surface area (Å²) in [5.41, 5.74) is -0.305. The van der Waals surface area contributed by atoms with Crippen molar-refractivity contribution in [2.24, 2.45) is 7.05 Å². The number of alkyl halides is 4. The van der Waals surface area contributed by atoms with Crippen molar-refractivity contribution in [3.8, 4) is 0 Å². The van der Waals surface area contributed by atoms with E-state index in [9.17, 15) is 17.6 Å². The Morgan fingerprint density at radius 2 is 1.88 bits per heavy atom. The molecule has 0 fully saturated rings. The first kappa shape index (κ1) is 15.5. The second kappa shape index (κ2) is 5.50. The molecule has 0 radical (unpaired) electrons. The van der Waals surface area contributed by atoms with E-state index in [2.05, 4.69) is 25.3 Å². The fourth-order valence-corrected chi connectivity index (χ4v) is 2.54. The maximum Gasteiger partial charge on any atom is 0.282 e. The number of aryl methyl sites for hydroxylation is 1. The van der Waals surface area contributed by atoms with E-state index in [0.717, 1.165) is 4.68 Å². The van der Waals surface area contributed by atoms with Gasteiger partial charge in [0.1, 0.15) is 24.3 Å². The van der Waals surface area contributed by atoms with Crippen LogP contribution in [0.5, 0.6) is 0 Å². The molecular formula is C13H10F4N8. The Morgan fingerprint density at radius 1 is 1.08 bits per heavy atom. The summed E-state index contributed by atoms with van der Waals surface area (Å²) in [6.07, 6.45) is -2.91. The summed E-state index contributed by atoms with van der Waals surface area (Å²) in [4.78, 5) is 8.45. The number of rotatable bonds is 4. The van der Waals surface area contributed by atoms with Gasteiger partial charge in [-0.15, -0.1) is 5.10 Å². The Morgan fingerprint density at radius 3 is 2.60 bits per heavy atom. The molecule has 0 unspecified atom stereocenters. The van der Waals surface area contributed by atoms with Crippen molar-refractivity contribution in [2.75, 3.05) is 0 Å². The van der Waals surface area contributed by atoms with Gasteiger partial charge in [0.25, 0.3) is 12.9 Å². The minimum absolute atomic E-state index is 0.143.